The fraction of sp³-hybridized carbons (Fsp3) is 0.385. The van der Waals surface area contributed by atoms with Crippen molar-refractivity contribution < 1.29 is 13.2 Å². The molecule has 0 spiro atoms. The smallest absolute Gasteiger partial charge is 0.315 e. The topological polar surface area (TPSA) is 42.7 Å². The first-order valence-electron chi connectivity index (χ1n) is 6.30. The van der Waals surface area contributed by atoms with Gasteiger partial charge in [0.1, 0.15) is 0 Å². The summed E-state index contributed by atoms with van der Waals surface area (Å²) in [4.78, 5) is 0. The molecule has 1 saturated heterocycles. The van der Waals surface area contributed by atoms with Crippen molar-refractivity contribution in [3.8, 4) is 0 Å². The summed E-state index contributed by atoms with van der Waals surface area (Å²) >= 11 is 0. The van der Waals surface area contributed by atoms with Gasteiger partial charge in [0.2, 0.25) is 0 Å². The number of aromatic nitrogens is 3. The summed E-state index contributed by atoms with van der Waals surface area (Å²) in [5.41, 5.74) is 0.402. The van der Waals surface area contributed by atoms with Crippen LogP contribution in [0.15, 0.2) is 30.5 Å². The van der Waals surface area contributed by atoms with E-state index in [0.717, 1.165) is 24.8 Å². The Morgan fingerprint density at radius 2 is 2.00 bits per heavy atom. The molecule has 4 nitrogen and oxygen atoms in total. The van der Waals surface area contributed by atoms with E-state index in [0.29, 0.717) is 5.92 Å². The lowest BCUT2D eigenvalue weighted by molar-refractivity contribution is -0.138. The molecule has 0 amide bonds. The molecular formula is C13H13F3N4. The number of rotatable bonds is 3. The van der Waals surface area contributed by atoms with Crippen LogP contribution in [-0.4, -0.2) is 28.1 Å². The summed E-state index contributed by atoms with van der Waals surface area (Å²) in [5.74, 6) is 0.321. The van der Waals surface area contributed by atoms with Crippen molar-refractivity contribution in [3.05, 3.63) is 47.3 Å². The molecule has 1 fully saturated rings. The van der Waals surface area contributed by atoms with E-state index in [9.17, 15) is 13.2 Å². The zero-order chi connectivity index (χ0) is 14.2. The Labute approximate surface area is 113 Å². The molecule has 1 aromatic heterocycles. The quantitative estimate of drug-likeness (QED) is 0.936. The third kappa shape index (κ3) is 2.53. The Balaban J connectivity index is 1.82. The SMILES string of the molecule is FC(F)(F)c1ccccc1Cn1cc(C2CNC2)nn1. The average molecular weight is 282 g/mol. The number of hydrogen-bond donors (Lipinski definition) is 1. The largest absolute Gasteiger partial charge is 0.416 e. The summed E-state index contributed by atoms with van der Waals surface area (Å²) in [6.07, 6.45) is -2.63. The predicted molar refractivity (Wildman–Crippen MR) is 66.2 cm³/mol. The third-order valence-corrected chi connectivity index (χ3v) is 3.41. The minimum absolute atomic E-state index is 0.0723. The molecule has 0 bridgehead atoms. The van der Waals surface area contributed by atoms with Crippen LogP contribution in [0.1, 0.15) is 22.7 Å². The molecule has 0 unspecified atom stereocenters. The van der Waals surface area contributed by atoms with Crippen molar-refractivity contribution in [3.63, 3.8) is 0 Å². The standard InChI is InChI=1S/C13H13F3N4/c14-13(15,16)11-4-2-1-3-9(11)7-20-8-12(18-19-20)10-5-17-6-10/h1-4,8,10,17H,5-7H2. The molecule has 0 aliphatic carbocycles. The van der Waals surface area contributed by atoms with Crippen molar-refractivity contribution in [2.24, 2.45) is 0 Å². The molecule has 3 rings (SSSR count). The third-order valence-electron chi connectivity index (χ3n) is 3.41. The highest BCUT2D eigenvalue weighted by molar-refractivity contribution is 5.29. The second-order valence-electron chi connectivity index (χ2n) is 4.85. The van der Waals surface area contributed by atoms with Gasteiger partial charge in [-0.3, -0.25) is 0 Å². The predicted octanol–water partition coefficient (Wildman–Crippen LogP) is 2.03. The Kier molecular flexibility index (Phi) is 3.21. The number of halogens is 3. The van der Waals surface area contributed by atoms with Gasteiger partial charge < -0.3 is 5.32 Å². The molecule has 20 heavy (non-hydrogen) atoms. The molecule has 2 heterocycles. The van der Waals surface area contributed by atoms with E-state index in [4.69, 9.17) is 0 Å². The summed E-state index contributed by atoms with van der Waals surface area (Å²) < 4.78 is 40.1. The summed E-state index contributed by atoms with van der Waals surface area (Å²) in [7, 11) is 0. The molecule has 0 saturated carbocycles. The molecule has 1 N–H and O–H groups in total. The summed E-state index contributed by atoms with van der Waals surface area (Å²) in [5, 5.41) is 11.0. The molecular weight excluding hydrogens is 269 g/mol. The summed E-state index contributed by atoms with van der Waals surface area (Å²) in [6.45, 7) is 1.76. The number of hydrogen-bond acceptors (Lipinski definition) is 3. The molecule has 0 radical (unpaired) electrons. The lowest BCUT2D eigenvalue weighted by atomic mass is 10.0. The van der Waals surface area contributed by atoms with Crippen molar-refractivity contribution in [2.75, 3.05) is 13.1 Å². The van der Waals surface area contributed by atoms with Gasteiger partial charge >= 0.3 is 6.18 Å². The van der Waals surface area contributed by atoms with Gasteiger partial charge in [0.15, 0.2) is 0 Å². The molecule has 7 heteroatoms. The molecule has 1 aliphatic heterocycles. The minimum atomic E-state index is -4.35. The van der Waals surface area contributed by atoms with E-state index in [1.165, 1.54) is 16.8 Å². The van der Waals surface area contributed by atoms with Gasteiger partial charge in [-0.05, 0) is 11.6 Å². The van der Waals surface area contributed by atoms with Gasteiger partial charge in [0.05, 0.1) is 17.8 Å². The van der Waals surface area contributed by atoms with Crippen LogP contribution in [-0.2, 0) is 12.7 Å². The second-order valence-corrected chi connectivity index (χ2v) is 4.85. The van der Waals surface area contributed by atoms with Crippen LogP contribution >= 0.6 is 0 Å². The fourth-order valence-electron chi connectivity index (χ4n) is 2.18. The Bertz CT molecular complexity index is 602. The molecule has 1 aromatic carbocycles. The van der Waals surface area contributed by atoms with E-state index in [2.05, 4.69) is 15.6 Å². The van der Waals surface area contributed by atoms with Crippen LogP contribution in [0.25, 0.3) is 0 Å². The number of nitrogens with zero attached hydrogens (tertiary/aromatic N) is 3. The Morgan fingerprint density at radius 1 is 1.25 bits per heavy atom. The molecule has 1 aliphatic rings. The zero-order valence-corrected chi connectivity index (χ0v) is 10.6. The average Bonchev–Trinajstić information content (AvgIpc) is 2.74. The van der Waals surface area contributed by atoms with Gasteiger partial charge in [-0.25, -0.2) is 4.68 Å². The first-order chi connectivity index (χ1) is 9.54. The van der Waals surface area contributed by atoms with E-state index < -0.39 is 11.7 Å². The molecule has 0 atom stereocenters. The van der Waals surface area contributed by atoms with E-state index in [-0.39, 0.29) is 12.1 Å². The lowest BCUT2D eigenvalue weighted by Gasteiger charge is -2.24. The highest BCUT2D eigenvalue weighted by Gasteiger charge is 2.33. The first-order valence-corrected chi connectivity index (χ1v) is 6.30. The maximum atomic E-state index is 12.9. The monoisotopic (exact) mass is 282 g/mol. The van der Waals surface area contributed by atoms with Gasteiger partial charge in [-0.2, -0.15) is 13.2 Å². The van der Waals surface area contributed by atoms with Crippen molar-refractivity contribution in [1.82, 2.24) is 20.3 Å². The number of nitrogens with one attached hydrogen (secondary N) is 1. The van der Waals surface area contributed by atoms with E-state index >= 15 is 0 Å². The van der Waals surface area contributed by atoms with E-state index in [1.54, 1.807) is 12.3 Å². The van der Waals surface area contributed by atoms with E-state index in [1.807, 2.05) is 0 Å². The van der Waals surface area contributed by atoms with Crippen molar-refractivity contribution >= 4 is 0 Å². The summed E-state index contributed by atoms with van der Waals surface area (Å²) in [6, 6.07) is 5.54. The van der Waals surface area contributed by atoms with Crippen LogP contribution in [0.3, 0.4) is 0 Å². The number of alkyl halides is 3. The highest BCUT2D eigenvalue weighted by Crippen LogP contribution is 2.32. The maximum absolute atomic E-state index is 12.9. The van der Waals surface area contributed by atoms with Gasteiger partial charge in [-0.1, -0.05) is 23.4 Å². The van der Waals surface area contributed by atoms with Crippen LogP contribution in [0.2, 0.25) is 0 Å². The first kappa shape index (κ1) is 13.1. The van der Waals surface area contributed by atoms with Crippen LogP contribution in [0, 0.1) is 0 Å². The normalized spacial score (nSPS) is 16.1. The van der Waals surface area contributed by atoms with Crippen LogP contribution < -0.4 is 5.32 Å². The van der Waals surface area contributed by atoms with Crippen molar-refractivity contribution in [2.45, 2.75) is 18.6 Å². The zero-order valence-electron chi connectivity index (χ0n) is 10.6. The fourth-order valence-corrected chi connectivity index (χ4v) is 2.18. The van der Waals surface area contributed by atoms with Gasteiger partial charge in [0, 0.05) is 25.2 Å². The maximum Gasteiger partial charge on any atom is 0.416 e. The second kappa shape index (κ2) is 4.90. The van der Waals surface area contributed by atoms with Crippen molar-refractivity contribution in [1.29, 1.82) is 0 Å². The Hall–Kier alpha value is -1.89. The molecule has 106 valence electrons. The Morgan fingerprint density at radius 3 is 2.65 bits per heavy atom. The minimum Gasteiger partial charge on any atom is -0.315 e. The molecule has 2 aromatic rings. The van der Waals surface area contributed by atoms with Crippen LogP contribution in [0.5, 0.6) is 0 Å². The van der Waals surface area contributed by atoms with Crippen LogP contribution in [0.4, 0.5) is 13.2 Å². The lowest BCUT2D eigenvalue weighted by Crippen LogP contribution is -2.40. The van der Waals surface area contributed by atoms with Gasteiger partial charge in [-0.15, -0.1) is 5.10 Å². The number of benzene rings is 1. The van der Waals surface area contributed by atoms with Gasteiger partial charge in [0.25, 0.3) is 0 Å². The highest BCUT2D eigenvalue weighted by atomic mass is 19.4.